The second-order valence-electron chi connectivity index (χ2n) is 3.10. The number of aliphatic imine (C=N–C) groups is 1. The number of nitrogens with two attached hydrogens (primary N) is 1. The van der Waals surface area contributed by atoms with Crippen molar-refractivity contribution < 1.29 is 4.74 Å². The molecule has 0 aromatic heterocycles. The first-order valence-electron chi connectivity index (χ1n) is 4.84. The second kappa shape index (κ2) is 6.58. The van der Waals surface area contributed by atoms with Gasteiger partial charge in [-0.2, -0.15) is 0 Å². The standard InChI is InChI=1S/C8H19N5O/c1-10-8(12-9)11-2-3-13-4-6-14-7-5-13/h2-7,9H2,1H3,(H2,10,11,12). The summed E-state index contributed by atoms with van der Waals surface area (Å²) in [6.07, 6.45) is 0. The van der Waals surface area contributed by atoms with E-state index in [1.807, 2.05) is 0 Å². The Bertz CT molecular complexity index is 179. The van der Waals surface area contributed by atoms with Crippen LogP contribution in [0.15, 0.2) is 4.99 Å². The number of morpholine rings is 1. The number of guanidine groups is 1. The lowest BCUT2D eigenvalue weighted by Crippen LogP contribution is -2.46. The van der Waals surface area contributed by atoms with Gasteiger partial charge in [-0.15, -0.1) is 0 Å². The summed E-state index contributed by atoms with van der Waals surface area (Å²) in [5.74, 6) is 5.85. The molecule has 1 heterocycles. The number of hydrogen-bond acceptors (Lipinski definition) is 4. The molecular formula is C8H19N5O. The van der Waals surface area contributed by atoms with Crippen molar-refractivity contribution in [1.82, 2.24) is 15.6 Å². The van der Waals surface area contributed by atoms with Crippen molar-refractivity contribution in [2.24, 2.45) is 10.8 Å². The number of ether oxygens (including phenoxy) is 1. The van der Waals surface area contributed by atoms with Crippen LogP contribution in [0.3, 0.4) is 0 Å². The van der Waals surface area contributed by atoms with E-state index >= 15 is 0 Å². The molecule has 82 valence electrons. The summed E-state index contributed by atoms with van der Waals surface area (Å²) in [6, 6.07) is 0. The third kappa shape index (κ3) is 3.91. The highest BCUT2D eigenvalue weighted by Crippen LogP contribution is 1.94. The van der Waals surface area contributed by atoms with Crippen LogP contribution in [0.25, 0.3) is 0 Å². The zero-order chi connectivity index (χ0) is 10.2. The maximum Gasteiger partial charge on any atom is 0.205 e. The van der Waals surface area contributed by atoms with E-state index in [1.54, 1.807) is 7.05 Å². The Balaban J connectivity index is 2.07. The topological polar surface area (TPSA) is 74.9 Å². The number of hydrogen-bond donors (Lipinski definition) is 3. The van der Waals surface area contributed by atoms with Gasteiger partial charge in [0.15, 0.2) is 0 Å². The molecule has 0 radical (unpaired) electrons. The van der Waals surface area contributed by atoms with Gasteiger partial charge in [0.25, 0.3) is 0 Å². The van der Waals surface area contributed by atoms with Crippen LogP contribution >= 0.6 is 0 Å². The maximum absolute atomic E-state index is 5.25. The molecule has 0 bridgehead atoms. The molecule has 1 aliphatic rings. The van der Waals surface area contributed by atoms with Crippen molar-refractivity contribution >= 4 is 5.96 Å². The number of hydrazine groups is 1. The fourth-order valence-corrected chi connectivity index (χ4v) is 1.35. The van der Waals surface area contributed by atoms with Crippen LogP contribution in [0.5, 0.6) is 0 Å². The molecule has 1 rings (SSSR count). The number of rotatable bonds is 3. The van der Waals surface area contributed by atoms with Crippen LogP contribution in [0.1, 0.15) is 0 Å². The van der Waals surface area contributed by atoms with Crippen LogP contribution in [-0.2, 0) is 4.74 Å². The van der Waals surface area contributed by atoms with Crippen LogP contribution in [0.4, 0.5) is 0 Å². The van der Waals surface area contributed by atoms with Crippen molar-refractivity contribution in [3.05, 3.63) is 0 Å². The van der Waals surface area contributed by atoms with Crippen LogP contribution in [-0.4, -0.2) is 57.3 Å². The molecule has 0 aromatic carbocycles. The molecule has 1 fully saturated rings. The third-order valence-electron chi connectivity index (χ3n) is 2.18. The van der Waals surface area contributed by atoms with E-state index in [9.17, 15) is 0 Å². The molecule has 1 saturated heterocycles. The summed E-state index contributed by atoms with van der Waals surface area (Å²) in [6.45, 7) is 5.53. The summed E-state index contributed by atoms with van der Waals surface area (Å²) < 4.78 is 5.25. The van der Waals surface area contributed by atoms with E-state index in [4.69, 9.17) is 10.6 Å². The highest BCUT2D eigenvalue weighted by molar-refractivity contribution is 5.78. The third-order valence-corrected chi connectivity index (χ3v) is 2.18. The summed E-state index contributed by atoms with van der Waals surface area (Å²) in [5.41, 5.74) is 2.49. The highest BCUT2D eigenvalue weighted by atomic mass is 16.5. The van der Waals surface area contributed by atoms with E-state index in [1.165, 1.54) is 0 Å². The summed E-state index contributed by atoms with van der Waals surface area (Å²) >= 11 is 0. The molecule has 14 heavy (non-hydrogen) atoms. The van der Waals surface area contributed by atoms with Crippen molar-refractivity contribution in [2.75, 3.05) is 46.4 Å². The van der Waals surface area contributed by atoms with Crippen LogP contribution in [0, 0.1) is 0 Å². The number of nitrogens with zero attached hydrogens (tertiary/aromatic N) is 2. The lowest BCUT2D eigenvalue weighted by molar-refractivity contribution is 0.0389. The van der Waals surface area contributed by atoms with Gasteiger partial charge in [0.1, 0.15) is 0 Å². The van der Waals surface area contributed by atoms with Gasteiger partial charge in [0.2, 0.25) is 5.96 Å². The average Bonchev–Trinajstić information content (AvgIpc) is 2.26. The quantitative estimate of drug-likeness (QED) is 0.221. The first kappa shape index (κ1) is 11.2. The van der Waals surface area contributed by atoms with E-state index in [2.05, 4.69) is 20.6 Å². The Labute approximate surface area is 84.5 Å². The zero-order valence-electron chi connectivity index (χ0n) is 8.62. The van der Waals surface area contributed by atoms with Gasteiger partial charge in [-0.05, 0) is 0 Å². The summed E-state index contributed by atoms with van der Waals surface area (Å²) in [5, 5.41) is 3.10. The fourth-order valence-electron chi connectivity index (χ4n) is 1.35. The lowest BCUT2D eigenvalue weighted by atomic mass is 10.4. The van der Waals surface area contributed by atoms with E-state index in [0.717, 1.165) is 39.4 Å². The van der Waals surface area contributed by atoms with Gasteiger partial charge < -0.3 is 10.1 Å². The Morgan fingerprint density at radius 3 is 2.79 bits per heavy atom. The van der Waals surface area contributed by atoms with E-state index in [0.29, 0.717) is 5.96 Å². The first-order valence-corrected chi connectivity index (χ1v) is 4.84. The minimum absolute atomic E-state index is 0.623. The summed E-state index contributed by atoms with van der Waals surface area (Å²) in [4.78, 5) is 6.26. The lowest BCUT2D eigenvalue weighted by Gasteiger charge is -2.26. The molecule has 0 spiro atoms. The molecular weight excluding hydrogens is 182 g/mol. The van der Waals surface area contributed by atoms with E-state index < -0.39 is 0 Å². The van der Waals surface area contributed by atoms with Gasteiger partial charge in [0, 0.05) is 33.2 Å². The molecule has 0 atom stereocenters. The molecule has 1 aliphatic heterocycles. The minimum Gasteiger partial charge on any atom is -0.379 e. The average molecular weight is 201 g/mol. The second-order valence-corrected chi connectivity index (χ2v) is 3.10. The van der Waals surface area contributed by atoms with Crippen molar-refractivity contribution in [1.29, 1.82) is 0 Å². The molecule has 0 unspecified atom stereocenters. The maximum atomic E-state index is 5.25. The predicted molar refractivity (Wildman–Crippen MR) is 55.9 cm³/mol. The normalized spacial score (nSPS) is 19.4. The predicted octanol–water partition coefficient (Wildman–Crippen LogP) is -1.64. The molecule has 6 heteroatoms. The largest absolute Gasteiger partial charge is 0.379 e. The zero-order valence-corrected chi connectivity index (χ0v) is 8.62. The molecule has 0 aromatic rings. The van der Waals surface area contributed by atoms with Gasteiger partial charge >= 0.3 is 0 Å². The van der Waals surface area contributed by atoms with Crippen molar-refractivity contribution in [3.8, 4) is 0 Å². The number of nitrogens with one attached hydrogen (secondary N) is 2. The smallest absolute Gasteiger partial charge is 0.205 e. The summed E-state index contributed by atoms with van der Waals surface area (Å²) in [7, 11) is 1.69. The molecule has 0 aliphatic carbocycles. The fraction of sp³-hybridized carbons (Fsp3) is 0.875. The van der Waals surface area contributed by atoms with Gasteiger partial charge in [-0.3, -0.25) is 15.3 Å². The SMILES string of the molecule is CN=C(NN)NCCN1CCOCC1. The van der Waals surface area contributed by atoms with Gasteiger partial charge in [-0.25, -0.2) is 5.84 Å². The van der Waals surface area contributed by atoms with Crippen LogP contribution < -0.4 is 16.6 Å². The molecule has 6 nitrogen and oxygen atoms in total. The van der Waals surface area contributed by atoms with Gasteiger partial charge in [-0.1, -0.05) is 0 Å². The Morgan fingerprint density at radius 2 is 2.21 bits per heavy atom. The first-order chi connectivity index (χ1) is 6.86. The Kier molecular flexibility index (Phi) is 5.28. The van der Waals surface area contributed by atoms with E-state index in [-0.39, 0.29) is 0 Å². The monoisotopic (exact) mass is 201 g/mol. The van der Waals surface area contributed by atoms with Crippen LogP contribution in [0.2, 0.25) is 0 Å². The van der Waals surface area contributed by atoms with Crippen molar-refractivity contribution in [2.45, 2.75) is 0 Å². The minimum atomic E-state index is 0.623. The molecule has 0 saturated carbocycles. The molecule has 4 N–H and O–H groups in total. The highest BCUT2D eigenvalue weighted by Gasteiger charge is 2.09. The Morgan fingerprint density at radius 1 is 1.50 bits per heavy atom. The van der Waals surface area contributed by atoms with Crippen molar-refractivity contribution in [3.63, 3.8) is 0 Å². The van der Waals surface area contributed by atoms with Gasteiger partial charge in [0.05, 0.1) is 13.2 Å². The molecule has 0 amide bonds. The Hall–Kier alpha value is -0.850.